The number of nitrogens with zero attached hydrogens (tertiary/aromatic N) is 3. The fourth-order valence-electron chi connectivity index (χ4n) is 5.17. The topological polar surface area (TPSA) is 56.6 Å². The van der Waals surface area contributed by atoms with Crippen LogP contribution in [-0.2, 0) is 4.74 Å². The van der Waals surface area contributed by atoms with Gasteiger partial charge in [0.2, 0.25) is 11.1 Å². The van der Waals surface area contributed by atoms with Gasteiger partial charge in [0.25, 0.3) is 0 Å². The van der Waals surface area contributed by atoms with Crippen molar-refractivity contribution in [3.8, 4) is 5.75 Å². The second-order valence-corrected chi connectivity index (χ2v) is 9.48. The van der Waals surface area contributed by atoms with E-state index in [1.807, 2.05) is 13.8 Å². The molecule has 3 aliphatic rings. The maximum atomic E-state index is 14.2. The largest absolute Gasteiger partial charge is 0.497 e. The Morgan fingerprint density at radius 2 is 1.97 bits per heavy atom. The molecule has 1 aromatic carbocycles. The van der Waals surface area contributed by atoms with Crippen LogP contribution in [0.25, 0.3) is 5.70 Å². The van der Waals surface area contributed by atoms with E-state index in [1.165, 1.54) is 24.3 Å². The third kappa shape index (κ3) is 3.42. The number of benzene rings is 1. The summed E-state index contributed by atoms with van der Waals surface area (Å²) < 4.78 is 55.0. The quantitative estimate of drug-likeness (QED) is 0.483. The molecule has 1 aromatic heterocycles. The zero-order chi connectivity index (χ0) is 25.1. The number of aromatic nitrogens is 2. The number of rotatable bonds is 4. The minimum atomic E-state index is -4.60. The molecule has 1 atom stereocenters. The van der Waals surface area contributed by atoms with Gasteiger partial charge >= 0.3 is 6.18 Å². The number of carbonyl (C=O) groups excluding carboxylic acids is 1. The number of hydrogen-bond donors (Lipinski definition) is 0. The lowest BCUT2D eigenvalue weighted by atomic mass is 9.78. The number of alkyl halides is 3. The average molecular weight is 502 g/mol. The summed E-state index contributed by atoms with van der Waals surface area (Å²) in [7, 11) is 3.05. The number of ether oxygens (including phenoxy) is 2. The van der Waals surface area contributed by atoms with E-state index in [0.29, 0.717) is 33.4 Å². The predicted molar refractivity (Wildman–Crippen MR) is 127 cm³/mol. The van der Waals surface area contributed by atoms with Crippen LogP contribution in [0, 0.1) is 0 Å². The highest BCUT2D eigenvalue weighted by molar-refractivity contribution is 8.14. The lowest BCUT2D eigenvalue weighted by molar-refractivity contribution is -0.0945. The molecule has 0 radical (unpaired) electrons. The molecule has 1 unspecified atom stereocenters. The minimum Gasteiger partial charge on any atom is -0.497 e. The van der Waals surface area contributed by atoms with Crippen molar-refractivity contribution in [3.05, 3.63) is 76.9 Å². The van der Waals surface area contributed by atoms with Gasteiger partial charge in [-0.3, -0.25) is 14.3 Å². The summed E-state index contributed by atoms with van der Waals surface area (Å²) in [5.74, 6) is 1.27. The predicted octanol–water partition coefficient (Wildman–Crippen LogP) is 5.95. The molecule has 0 fully saturated rings. The number of carbonyl (C=O) groups is 1. The summed E-state index contributed by atoms with van der Waals surface area (Å²) in [5.41, 5.74) is 0.599. The SMILES string of the molecule is COC1=C(C)CC23C=CC=C(C(F)(F)F)N2c2ncc(SC(=O)c4cccc(OC)c4)n2C3=C1C. The molecule has 1 spiro atoms. The van der Waals surface area contributed by atoms with E-state index < -0.39 is 17.4 Å². The first-order chi connectivity index (χ1) is 16.6. The lowest BCUT2D eigenvalue weighted by Crippen LogP contribution is -2.50. The van der Waals surface area contributed by atoms with Gasteiger partial charge in [0.05, 0.1) is 26.1 Å². The highest BCUT2D eigenvalue weighted by Crippen LogP contribution is 2.57. The smallest absolute Gasteiger partial charge is 0.431 e. The molecule has 2 aliphatic heterocycles. The van der Waals surface area contributed by atoms with E-state index >= 15 is 0 Å². The van der Waals surface area contributed by atoms with Crippen molar-refractivity contribution in [2.24, 2.45) is 0 Å². The summed E-state index contributed by atoms with van der Waals surface area (Å²) in [4.78, 5) is 18.7. The molecular formula is C25H22F3N3O3S. The molecular weight excluding hydrogens is 479 g/mol. The van der Waals surface area contributed by atoms with E-state index in [0.717, 1.165) is 23.4 Å². The number of anilines is 1. The Kier molecular flexibility index (Phi) is 5.39. The Balaban J connectivity index is 1.68. The van der Waals surface area contributed by atoms with Crippen molar-refractivity contribution in [2.75, 3.05) is 19.1 Å². The highest BCUT2D eigenvalue weighted by atomic mass is 32.2. The number of thioether (sulfide) groups is 1. The molecule has 0 amide bonds. The number of allylic oxidation sites excluding steroid dienone is 4. The summed E-state index contributed by atoms with van der Waals surface area (Å²) >= 11 is 0.910. The maximum Gasteiger partial charge on any atom is 0.431 e. The van der Waals surface area contributed by atoms with Crippen molar-refractivity contribution >= 4 is 28.5 Å². The van der Waals surface area contributed by atoms with E-state index in [1.54, 1.807) is 42.0 Å². The average Bonchev–Trinajstić information content (AvgIpc) is 3.33. The minimum absolute atomic E-state index is 0.110. The fraction of sp³-hybridized carbons (Fsp3) is 0.280. The van der Waals surface area contributed by atoms with Crippen LogP contribution in [0.15, 0.2) is 76.3 Å². The van der Waals surface area contributed by atoms with Crippen LogP contribution in [0.1, 0.15) is 30.6 Å². The highest BCUT2D eigenvalue weighted by Gasteiger charge is 2.58. The number of imidazole rings is 1. The van der Waals surface area contributed by atoms with Crippen LogP contribution in [-0.4, -0.2) is 40.6 Å². The van der Waals surface area contributed by atoms with Crippen LogP contribution in [0.4, 0.5) is 19.1 Å². The van der Waals surface area contributed by atoms with Crippen LogP contribution in [0.3, 0.4) is 0 Å². The molecule has 6 nitrogen and oxygen atoms in total. The van der Waals surface area contributed by atoms with Crippen molar-refractivity contribution < 1.29 is 27.4 Å². The van der Waals surface area contributed by atoms with Gasteiger partial charge in [-0.2, -0.15) is 13.2 Å². The summed E-state index contributed by atoms with van der Waals surface area (Å²) in [6, 6.07) is 6.72. The van der Waals surface area contributed by atoms with Gasteiger partial charge in [-0.05, 0) is 49.4 Å². The molecule has 0 saturated heterocycles. The Bertz CT molecular complexity index is 1370. The Morgan fingerprint density at radius 1 is 1.20 bits per heavy atom. The molecule has 0 saturated carbocycles. The van der Waals surface area contributed by atoms with Gasteiger partial charge < -0.3 is 9.47 Å². The molecule has 0 N–H and O–H groups in total. The second-order valence-electron chi connectivity index (χ2n) is 8.49. The molecule has 182 valence electrons. The monoisotopic (exact) mass is 501 g/mol. The standard InChI is InChI=1S/C25H22F3N3O3S/c1-14-12-24-10-6-9-18(25(26,27)28)31(24)23-29-13-19(30(23)21(24)15(2)20(14)34-4)35-22(32)16-7-5-8-17(11-16)33-3/h5-11,13H,12H2,1-4H3. The van der Waals surface area contributed by atoms with E-state index in [4.69, 9.17) is 9.47 Å². The van der Waals surface area contributed by atoms with Gasteiger partial charge in [-0.1, -0.05) is 24.3 Å². The number of methoxy groups -OCH3 is 2. The summed E-state index contributed by atoms with van der Waals surface area (Å²) in [5, 5.41) is 0.140. The van der Waals surface area contributed by atoms with Crippen molar-refractivity contribution in [2.45, 2.75) is 37.0 Å². The third-order valence-corrected chi connectivity index (χ3v) is 7.34. The van der Waals surface area contributed by atoms with Crippen LogP contribution in [0.2, 0.25) is 0 Å². The maximum absolute atomic E-state index is 14.2. The summed E-state index contributed by atoms with van der Waals surface area (Å²) in [6.07, 6.45) is 1.39. The first kappa shape index (κ1) is 23.3. The zero-order valence-corrected chi connectivity index (χ0v) is 20.3. The van der Waals surface area contributed by atoms with Gasteiger partial charge in [-0.25, -0.2) is 4.98 Å². The lowest BCUT2D eigenvalue weighted by Gasteiger charge is -2.43. The van der Waals surface area contributed by atoms with Crippen molar-refractivity contribution in [3.63, 3.8) is 0 Å². The first-order valence-corrected chi connectivity index (χ1v) is 11.6. The first-order valence-electron chi connectivity index (χ1n) is 10.8. The Hall–Kier alpha value is -3.40. The van der Waals surface area contributed by atoms with Crippen LogP contribution < -0.4 is 9.64 Å². The van der Waals surface area contributed by atoms with Gasteiger partial charge in [-0.15, -0.1) is 0 Å². The molecule has 0 bridgehead atoms. The van der Waals surface area contributed by atoms with Gasteiger partial charge in [0, 0.05) is 17.6 Å². The fourth-order valence-corrected chi connectivity index (χ4v) is 5.98. The number of hydrogen-bond acceptors (Lipinski definition) is 6. The molecule has 2 aromatic rings. The Labute approximate surface area is 204 Å². The molecule has 35 heavy (non-hydrogen) atoms. The van der Waals surface area contributed by atoms with E-state index in [2.05, 4.69) is 4.98 Å². The summed E-state index contributed by atoms with van der Waals surface area (Å²) in [6.45, 7) is 3.68. The normalized spacial score (nSPS) is 21.0. The Morgan fingerprint density at radius 3 is 2.66 bits per heavy atom. The van der Waals surface area contributed by atoms with Gasteiger partial charge in [0.1, 0.15) is 27.8 Å². The number of halogens is 3. The number of fused-ring (bicyclic) bond motifs is 3. The van der Waals surface area contributed by atoms with E-state index in [-0.39, 0.29) is 17.5 Å². The molecule has 1 aliphatic carbocycles. The van der Waals surface area contributed by atoms with E-state index in [9.17, 15) is 18.0 Å². The van der Waals surface area contributed by atoms with Crippen LogP contribution >= 0.6 is 11.8 Å². The third-order valence-electron chi connectivity index (χ3n) is 6.43. The molecule has 10 heteroatoms. The van der Waals surface area contributed by atoms with Gasteiger partial charge in [0.15, 0.2) is 0 Å². The molecule has 3 heterocycles. The zero-order valence-electron chi connectivity index (χ0n) is 19.4. The second kappa shape index (κ2) is 8.08. The van der Waals surface area contributed by atoms with Crippen LogP contribution in [0.5, 0.6) is 5.75 Å². The van der Waals surface area contributed by atoms with Crippen molar-refractivity contribution in [1.82, 2.24) is 9.55 Å². The van der Waals surface area contributed by atoms with Crippen molar-refractivity contribution in [1.29, 1.82) is 0 Å². The molecule has 5 rings (SSSR count).